The van der Waals surface area contributed by atoms with Gasteiger partial charge in [0.2, 0.25) is 0 Å². The van der Waals surface area contributed by atoms with Gasteiger partial charge in [0.05, 0.1) is 10.4 Å². The summed E-state index contributed by atoms with van der Waals surface area (Å²) in [6.45, 7) is 5.75. The Balaban J connectivity index is 0.000000249. The largest absolute Gasteiger partial charge is 0.355 e. The van der Waals surface area contributed by atoms with E-state index in [1.807, 2.05) is 50.2 Å². The minimum Gasteiger partial charge on any atom is -0.355 e. The number of carbonyl (C=O) groups excluding carboxylic acids is 3. The van der Waals surface area contributed by atoms with Gasteiger partial charge in [0.25, 0.3) is 17.7 Å². The van der Waals surface area contributed by atoms with Gasteiger partial charge in [-0.1, -0.05) is 23.8 Å². The Kier molecular flexibility index (Phi) is 11.5. The van der Waals surface area contributed by atoms with E-state index in [2.05, 4.69) is 16.0 Å². The molecule has 0 radical (unpaired) electrons. The van der Waals surface area contributed by atoms with Crippen LogP contribution in [0, 0.1) is 26.6 Å². The van der Waals surface area contributed by atoms with E-state index in [0.717, 1.165) is 16.0 Å². The van der Waals surface area contributed by atoms with E-state index < -0.39 is 11.7 Å². The molecule has 1 aromatic heterocycles. The molecule has 3 aromatic rings. The third-order valence-corrected chi connectivity index (χ3v) is 5.33. The van der Waals surface area contributed by atoms with Crippen molar-refractivity contribution in [2.75, 3.05) is 21.1 Å². The van der Waals surface area contributed by atoms with E-state index >= 15 is 0 Å². The fourth-order valence-electron chi connectivity index (χ4n) is 2.47. The van der Waals surface area contributed by atoms with E-state index in [0.29, 0.717) is 5.56 Å². The van der Waals surface area contributed by atoms with Crippen LogP contribution in [0.2, 0.25) is 0 Å². The number of halogens is 1. The molecule has 6 nitrogen and oxygen atoms in total. The summed E-state index contributed by atoms with van der Waals surface area (Å²) in [7, 11) is 4.74. The Morgan fingerprint density at radius 2 is 1.24 bits per heavy atom. The summed E-state index contributed by atoms with van der Waals surface area (Å²) in [5.74, 6) is -0.912. The van der Waals surface area contributed by atoms with Crippen LogP contribution in [0.1, 0.15) is 46.4 Å². The van der Waals surface area contributed by atoms with Crippen LogP contribution >= 0.6 is 11.3 Å². The van der Waals surface area contributed by atoms with Crippen molar-refractivity contribution in [2.45, 2.75) is 20.8 Å². The van der Waals surface area contributed by atoms with Gasteiger partial charge < -0.3 is 16.0 Å². The molecule has 0 saturated carbocycles. The Bertz CT molecular complexity index is 1080. The number of thiophene rings is 1. The molecule has 1 heterocycles. The molecule has 0 spiro atoms. The summed E-state index contributed by atoms with van der Waals surface area (Å²) in [6.07, 6.45) is 0. The van der Waals surface area contributed by atoms with Gasteiger partial charge in [0, 0.05) is 31.6 Å². The summed E-state index contributed by atoms with van der Waals surface area (Å²) in [4.78, 5) is 34.9. The van der Waals surface area contributed by atoms with Crippen molar-refractivity contribution in [3.8, 4) is 0 Å². The molecule has 8 heteroatoms. The molecule has 33 heavy (non-hydrogen) atoms. The Morgan fingerprint density at radius 3 is 1.70 bits per heavy atom. The molecule has 0 aliphatic heterocycles. The summed E-state index contributed by atoms with van der Waals surface area (Å²) in [6, 6.07) is 15.8. The van der Waals surface area contributed by atoms with Crippen LogP contribution in [0.5, 0.6) is 0 Å². The predicted octanol–water partition coefficient (Wildman–Crippen LogP) is 4.26. The van der Waals surface area contributed by atoms with Gasteiger partial charge in [0.15, 0.2) is 0 Å². The van der Waals surface area contributed by atoms with E-state index in [-0.39, 0.29) is 17.4 Å². The molecule has 3 amide bonds. The van der Waals surface area contributed by atoms with Gasteiger partial charge in [0.1, 0.15) is 5.82 Å². The number of amides is 3. The van der Waals surface area contributed by atoms with E-state index in [1.54, 1.807) is 27.1 Å². The zero-order chi connectivity index (χ0) is 25.0. The lowest BCUT2D eigenvalue weighted by Crippen LogP contribution is -2.19. The molecule has 2 aromatic carbocycles. The predicted molar refractivity (Wildman–Crippen MR) is 132 cm³/mol. The molecule has 0 bridgehead atoms. The maximum Gasteiger partial charge on any atom is 0.261 e. The lowest BCUT2D eigenvalue weighted by molar-refractivity contribution is 0.0952. The first-order chi connectivity index (χ1) is 15.6. The Morgan fingerprint density at radius 1 is 0.697 bits per heavy atom. The second-order valence-electron chi connectivity index (χ2n) is 7.00. The lowest BCUT2D eigenvalue weighted by atomic mass is 10.1. The van der Waals surface area contributed by atoms with Crippen molar-refractivity contribution in [3.63, 3.8) is 0 Å². The molecule has 3 rings (SSSR count). The second-order valence-corrected chi connectivity index (χ2v) is 8.28. The third kappa shape index (κ3) is 9.24. The highest BCUT2D eigenvalue weighted by Crippen LogP contribution is 2.14. The van der Waals surface area contributed by atoms with E-state index in [9.17, 15) is 18.8 Å². The van der Waals surface area contributed by atoms with E-state index in [4.69, 9.17) is 0 Å². The van der Waals surface area contributed by atoms with Crippen molar-refractivity contribution in [1.29, 1.82) is 0 Å². The van der Waals surface area contributed by atoms with Gasteiger partial charge in [-0.2, -0.15) is 0 Å². The number of aryl methyl sites for hydroxylation is 3. The molecular weight excluding hydrogens is 441 g/mol. The van der Waals surface area contributed by atoms with Gasteiger partial charge >= 0.3 is 0 Å². The number of hydrogen-bond acceptors (Lipinski definition) is 4. The fourth-order valence-corrected chi connectivity index (χ4v) is 3.28. The number of nitrogens with one attached hydrogen (secondary N) is 3. The number of carbonyl (C=O) groups is 3. The summed E-state index contributed by atoms with van der Waals surface area (Å²) >= 11 is 1.51. The minimum atomic E-state index is -0.477. The van der Waals surface area contributed by atoms with Crippen molar-refractivity contribution in [3.05, 3.63) is 92.4 Å². The summed E-state index contributed by atoms with van der Waals surface area (Å²) in [5.41, 5.74) is 2.76. The number of benzene rings is 2. The summed E-state index contributed by atoms with van der Waals surface area (Å²) < 4.78 is 13.0. The van der Waals surface area contributed by atoms with Crippen molar-refractivity contribution < 1.29 is 18.8 Å². The molecule has 0 fully saturated rings. The minimum absolute atomic E-state index is 0.00176. The first-order valence-corrected chi connectivity index (χ1v) is 11.0. The van der Waals surface area contributed by atoms with Crippen molar-refractivity contribution >= 4 is 29.1 Å². The van der Waals surface area contributed by atoms with Crippen LogP contribution in [-0.2, 0) is 0 Å². The highest BCUT2D eigenvalue weighted by molar-refractivity contribution is 7.13. The SMILES string of the molecule is CNC(=O)c1ccc(C)cc1.CNC(=O)c1ccc(C)cc1F.CNC(=O)c1ccc(C)s1. The van der Waals surface area contributed by atoms with Gasteiger partial charge in [-0.3, -0.25) is 14.4 Å². The fraction of sp³-hybridized carbons (Fsp3) is 0.240. The van der Waals surface area contributed by atoms with Crippen molar-refractivity contribution in [1.82, 2.24) is 16.0 Å². The Hall–Kier alpha value is -3.52. The molecule has 0 saturated heterocycles. The van der Waals surface area contributed by atoms with Gasteiger partial charge in [-0.15, -0.1) is 11.3 Å². The molecule has 176 valence electrons. The monoisotopic (exact) mass is 471 g/mol. The molecular formula is C25H30FN3O3S. The number of hydrogen-bond donors (Lipinski definition) is 3. The zero-order valence-electron chi connectivity index (χ0n) is 19.7. The molecule has 0 unspecified atom stereocenters. The first-order valence-electron chi connectivity index (χ1n) is 10.2. The molecule has 0 aliphatic carbocycles. The normalized spacial score (nSPS) is 9.42. The van der Waals surface area contributed by atoms with Gasteiger partial charge in [-0.05, 0) is 62.7 Å². The maximum absolute atomic E-state index is 13.0. The second kappa shape index (κ2) is 13.8. The smallest absolute Gasteiger partial charge is 0.261 e. The highest BCUT2D eigenvalue weighted by Gasteiger charge is 2.08. The molecule has 3 N–H and O–H groups in total. The first kappa shape index (κ1) is 27.5. The van der Waals surface area contributed by atoms with Crippen LogP contribution in [-0.4, -0.2) is 38.9 Å². The van der Waals surface area contributed by atoms with Crippen LogP contribution < -0.4 is 16.0 Å². The standard InChI is InChI=1S/C9H10FNO.C9H11NO.C7H9NOS/c1-6-3-4-7(8(10)5-6)9(12)11-2;1-7-3-5-8(6-4-7)9(11)10-2;1-5-3-4-6(10-5)7(9)8-2/h3-5H,1-2H3,(H,11,12);3-6H,1-2H3,(H,10,11);3-4H,1-2H3,(H,8,9). The van der Waals surface area contributed by atoms with E-state index in [1.165, 1.54) is 35.4 Å². The van der Waals surface area contributed by atoms with Crippen LogP contribution in [0.15, 0.2) is 54.6 Å². The van der Waals surface area contributed by atoms with Crippen molar-refractivity contribution in [2.24, 2.45) is 0 Å². The highest BCUT2D eigenvalue weighted by atomic mass is 32.1. The average Bonchev–Trinajstić information content (AvgIpc) is 3.25. The average molecular weight is 472 g/mol. The topological polar surface area (TPSA) is 87.3 Å². The summed E-state index contributed by atoms with van der Waals surface area (Å²) in [5, 5.41) is 7.49. The molecule has 0 atom stereocenters. The van der Waals surface area contributed by atoms with Gasteiger partial charge in [-0.25, -0.2) is 4.39 Å². The molecule has 0 aliphatic rings. The maximum atomic E-state index is 13.0. The third-order valence-electron chi connectivity index (χ3n) is 4.33. The quantitative estimate of drug-likeness (QED) is 0.533. The van der Waals surface area contributed by atoms with Crippen LogP contribution in [0.3, 0.4) is 0 Å². The Labute approximate surface area is 198 Å². The van der Waals surface area contributed by atoms with Crippen LogP contribution in [0.25, 0.3) is 0 Å². The van der Waals surface area contributed by atoms with Crippen LogP contribution in [0.4, 0.5) is 4.39 Å². The number of rotatable bonds is 3. The zero-order valence-corrected chi connectivity index (χ0v) is 20.5. The lowest BCUT2D eigenvalue weighted by Gasteiger charge is -2.01.